The number of hydrogen-bond donors (Lipinski definition) is 2. The van der Waals surface area contributed by atoms with Gasteiger partial charge in [0.05, 0.1) is 6.20 Å². The van der Waals surface area contributed by atoms with Gasteiger partial charge < -0.3 is 5.32 Å². The highest BCUT2D eigenvalue weighted by molar-refractivity contribution is 5.91. The van der Waals surface area contributed by atoms with Crippen LogP contribution < -0.4 is 5.32 Å². The van der Waals surface area contributed by atoms with Crippen LogP contribution in [0.5, 0.6) is 0 Å². The molecule has 7 heteroatoms. The molecule has 0 saturated carbocycles. The average Bonchev–Trinajstić information content (AvgIpc) is 2.80. The van der Waals surface area contributed by atoms with Crippen molar-refractivity contribution in [2.24, 2.45) is 0 Å². The van der Waals surface area contributed by atoms with E-state index in [4.69, 9.17) is 0 Å². The topological polar surface area (TPSA) is 70.7 Å². The fourth-order valence-electron chi connectivity index (χ4n) is 1.48. The van der Waals surface area contributed by atoms with Crippen LogP contribution in [-0.4, -0.2) is 27.9 Å². The largest absolute Gasteiger partial charge is 0.350 e. The van der Waals surface area contributed by atoms with E-state index in [2.05, 4.69) is 20.7 Å². The maximum absolute atomic E-state index is 12.9. The van der Waals surface area contributed by atoms with Crippen molar-refractivity contribution in [1.29, 1.82) is 0 Å². The van der Waals surface area contributed by atoms with Crippen LogP contribution >= 0.6 is 0 Å². The molecule has 1 aromatic heterocycles. The summed E-state index contributed by atoms with van der Waals surface area (Å²) in [6, 6.07) is 3.26. The van der Waals surface area contributed by atoms with E-state index in [-0.39, 0.29) is 18.1 Å². The first-order valence-corrected chi connectivity index (χ1v) is 5.24. The summed E-state index contributed by atoms with van der Waals surface area (Å²) in [5.74, 6) is -1.65. The summed E-state index contributed by atoms with van der Waals surface area (Å²) in [7, 11) is 0. The molecular formula is C11H10F2N4O. The molecule has 0 spiro atoms. The van der Waals surface area contributed by atoms with Gasteiger partial charge in [0.1, 0.15) is 11.6 Å². The SMILES string of the molecule is O=C(NCCc1cc(F)cc(F)c1)c1cn[nH]n1. The Kier molecular flexibility index (Phi) is 3.61. The van der Waals surface area contributed by atoms with Crippen molar-refractivity contribution in [3.8, 4) is 0 Å². The molecule has 0 fully saturated rings. The number of rotatable bonds is 4. The molecule has 2 N–H and O–H groups in total. The Morgan fingerprint density at radius 2 is 2.00 bits per heavy atom. The standard InChI is InChI=1S/C11H10F2N4O/c12-8-3-7(4-9(13)5-8)1-2-14-11(18)10-6-15-17-16-10/h3-6H,1-2H2,(H,14,18)(H,15,16,17). The molecule has 1 heterocycles. The highest BCUT2D eigenvalue weighted by Gasteiger charge is 2.07. The summed E-state index contributed by atoms with van der Waals surface area (Å²) in [4.78, 5) is 11.4. The van der Waals surface area contributed by atoms with Crippen LogP contribution in [0, 0.1) is 11.6 Å². The van der Waals surface area contributed by atoms with Gasteiger partial charge in [-0.2, -0.15) is 15.4 Å². The third kappa shape index (κ3) is 3.09. The number of carbonyl (C=O) groups excluding carboxylic acids is 1. The monoisotopic (exact) mass is 252 g/mol. The van der Waals surface area contributed by atoms with Gasteiger partial charge in [-0.3, -0.25) is 4.79 Å². The summed E-state index contributed by atoms with van der Waals surface area (Å²) in [6.07, 6.45) is 1.62. The van der Waals surface area contributed by atoms with Gasteiger partial charge in [0.25, 0.3) is 5.91 Å². The lowest BCUT2D eigenvalue weighted by Gasteiger charge is -2.03. The van der Waals surface area contributed by atoms with Gasteiger partial charge in [0.2, 0.25) is 0 Å². The number of H-pyrrole nitrogens is 1. The number of aromatic amines is 1. The lowest BCUT2D eigenvalue weighted by molar-refractivity contribution is 0.0949. The molecule has 0 saturated heterocycles. The normalized spacial score (nSPS) is 10.3. The third-order valence-electron chi connectivity index (χ3n) is 2.27. The van der Waals surface area contributed by atoms with E-state index < -0.39 is 11.6 Å². The van der Waals surface area contributed by atoms with Crippen LogP contribution in [0.3, 0.4) is 0 Å². The zero-order chi connectivity index (χ0) is 13.0. The van der Waals surface area contributed by atoms with Crippen LogP contribution in [0.4, 0.5) is 8.78 Å². The van der Waals surface area contributed by atoms with Crippen molar-refractivity contribution < 1.29 is 13.6 Å². The van der Waals surface area contributed by atoms with E-state index in [1.165, 1.54) is 18.3 Å². The number of benzene rings is 1. The first kappa shape index (κ1) is 12.2. The molecule has 0 bridgehead atoms. The molecule has 0 atom stereocenters. The van der Waals surface area contributed by atoms with Crippen LogP contribution in [0.2, 0.25) is 0 Å². The molecule has 5 nitrogen and oxygen atoms in total. The van der Waals surface area contributed by atoms with Crippen molar-refractivity contribution in [1.82, 2.24) is 20.7 Å². The zero-order valence-electron chi connectivity index (χ0n) is 9.28. The summed E-state index contributed by atoms with van der Waals surface area (Å²) < 4.78 is 25.8. The predicted molar refractivity (Wildman–Crippen MR) is 58.8 cm³/mol. The third-order valence-corrected chi connectivity index (χ3v) is 2.27. The highest BCUT2D eigenvalue weighted by Crippen LogP contribution is 2.08. The van der Waals surface area contributed by atoms with Gasteiger partial charge in [-0.15, -0.1) is 0 Å². The maximum Gasteiger partial charge on any atom is 0.273 e. The minimum absolute atomic E-state index is 0.167. The predicted octanol–water partition coefficient (Wildman–Crippen LogP) is 1.06. The molecule has 94 valence electrons. The van der Waals surface area contributed by atoms with Crippen molar-refractivity contribution in [2.45, 2.75) is 6.42 Å². The first-order valence-electron chi connectivity index (χ1n) is 5.24. The molecule has 1 aromatic carbocycles. The molecule has 0 aliphatic rings. The Hall–Kier alpha value is -2.31. The Labute approximate surface area is 101 Å². The molecule has 0 radical (unpaired) electrons. The van der Waals surface area contributed by atoms with Gasteiger partial charge in [-0.05, 0) is 24.1 Å². The Morgan fingerprint density at radius 3 is 2.61 bits per heavy atom. The van der Waals surface area contributed by atoms with E-state index >= 15 is 0 Å². The van der Waals surface area contributed by atoms with Crippen molar-refractivity contribution in [3.63, 3.8) is 0 Å². The van der Waals surface area contributed by atoms with Crippen LogP contribution in [0.15, 0.2) is 24.4 Å². The number of halogens is 2. The summed E-state index contributed by atoms with van der Waals surface area (Å²) in [5.41, 5.74) is 0.647. The van der Waals surface area contributed by atoms with E-state index in [0.29, 0.717) is 12.0 Å². The fourth-order valence-corrected chi connectivity index (χ4v) is 1.48. The molecule has 18 heavy (non-hydrogen) atoms. The maximum atomic E-state index is 12.9. The minimum Gasteiger partial charge on any atom is -0.350 e. The van der Waals surface area contributed by atoms with Gasteiger partial charge >= 0.3 is 0 Å². The number of aromatic nitrogens is 3. The molecule has 1 amide bonds. The summed E-state index contributed by atoms with van der Waals surface area (Å²) >= 11 is 0. The molecule has 2 aromatic rings. The fraction of sp³-hybridized carbons (Fsp3) is 0.182. The second-order valence-corrected chi connectivity index (χ2v) is 3.64. The molecule has 0 aliphatic carbocycles. The van der Waals surface area contributed by atoms with Gasteiger partial charge in [-0.1, -0.05) is 0 Å². The molecule has 0 aliphatic heterocycles. The first-order chi connectivity index (χ1) is 8.65. The minimum atomic E-state index is -0.632. The zero-order valence-corrected chi connectivity index (χ0v) is 9.28. The van der Waals surface area contributed by atoms with Crippen molar-refractivity contribution in [2.75, 3.05) is 6.54 Å². The van der Waals surface area contributed by atoms with Gasteiger partial charge in [-0.25, -0.2) is 8.78 Å². The average molecular weight is 252 g/mol. The van der Waals surface area contributed by atoms with E-state index in [9.17, 15) is 13.6 Å². The Balaban J connectivity index is 1.87. The van der Waals surface area contributed by atoms with Crippen LogP contribution in [0.25, 0.3) is 0 Å². The highest BCUT2D eigenvalue weighted by atomic mass is 19.1. The number of carbonyl (C=O) groups is 1. The van der Waals surface area contributed by atoms with Gasteiger partial charge in [0, 0.05) is 12.6 Å². The Morgan fingerprint density at radius 1 is 1.28 bits per heavy atom. The second kappa shape index (κ2) is 5.35. The van der Waals surface area contributed by atoms with Gasteiger partial charge in [0.15, 0.2) is 5.69 Å². The van der Waals surface area contributed by atoms with Crippen LogP contribution in [-0.2, 0) is 6.42 Å². The summed E-state index contributed by atoms with van der Waals surface area (Å²) in [5, 5.41) is 12.0. The number of nitrogens with one attached hydrogen (secondary N) is 2. The second-order valence-electron chi connectivity index (χ2n) is 3.64. The lowest BCUT2D eigenvalue weighted by atomic mass is 10.1. The molecule has 2 rings (SSSR count). The summed E-state index contributed by atoms with van der Waals surface area (Å²) in [6.45, 7) is 0.259. The van der Waals surface area contributed by atoms with E-state index in [1.807, 2.05) is 0 Å². The lowest BCUT2D eigenvalue weighted by Crippen LogP contribution is -2.26. The van der Waals surface area contributed by atoms with Crippen molar-refractivity contribution in [3.05, 3.63) is 47.3 Å². The van der Waals surface area contributed by atoms with Crippen LogP contribution in [0.1, 0.15) is 16.1 Å². The number of hydrogen-bond acceptors (Lipinski definition) is 3. The molecular weight excluding hydrogens is 242 g/mol. The van der Waals surface area contributed by atoms with Crippen molar-refractivity contribution >= 4 is 5.91 Å². The van der Waals surface area contributed by atoms with E-state index in [0.717, 1.165) is 6.07 Å². The molecule has 0 unspecified atom stereocenters. The smallest absolute Gasteiger partial charge is 0.273 e. The number of nitrogens with zero attached hydrogens (tertiary/aromatic N) is 2. The van der Waals surface area contributed by atoms with E-state index in [1.54, 1.807) is 0 Å². The number of amides is 1. The Bertz CT molecular complexity index is 522. The quantitative estimate of drug-likeness (QED) is 0.854.